The summed E-state index contributed by atoms with van der Waals surface area (Å²) in [7, 11) is 0. The van der Waals surface area contributed by atoms with Gasteiger partial charge in [0.15, 0.2) is 0 Å². The molecule has 2 aliphatic heterocycles. The van der Waals surface area contributed by atoms with Crippen molar-refractivity contribution < 1.29 is 19.5 Å². The summed E-state index contributed by atoms with van der Waals surface area (Å²) in [5, 5.41) is 11.4. The number of carboxylic acid groups (broad SMARTS) is 1. The minimum atomic E-state index is -1.20. The molecule has 1 aromatic heterocycles. The van der Waals surface area contributed by atoms with E-state index >= 15 is 0 Å². The second-order valence-corrected chi connectivity index (χ2v) is 8.74. The largest absolute Gasteiger partial charge is 0.465 e. The summed E-state index contributed by atoms with van der Waals surface area (Å²) < 4.78 is 1.68. The van der Waals surface area contributed by atoms with E-state index in [2.05, 4.69) is 10.3 Å². The maximum Gasteiger partial charge on any atom is 0.405 e. The molecule has 154 valence electrons. The molecule has 28 heavy (non-hydrogen) atoms. The van der Waals surface area contributed by atoms with Gasteiger partial charge in [-0.2, -0.15) is 0 Å². The van der Waals surface area contributed by atoms with Crippen molar-refractivity contribution in [1.82, 2.24) is 24.7 Å². The molecule has 1 fully saturated rings. The molecule has 1 aromatic rings. The molecule has 2 aliphatic rings. The highest BCUT2D eigenvalue weighted by atomic mass is 16.4. The maximum absolute atomic E-state index is 12.9. The Morgan fingerprint density at radius 2 is 1.82 bits per heavy atom. The molecule has 2 N–H and O–H groups in total. The Kier molecular flexibility index (Phi) is 5.12. The van der Waals surface area contributed by atoms with Crippen molar-refractivity contribution in [2.75, 3.05) is 13.1 Å². The van der Waals surface area contributed by atoms with Crippen molar-refractivity contribution in [1.29, 1.82) is 0 Å². The summed E-state index contributed by atoms with van der Waals surface area (Å²) in [6, 6.07) is -0.777. The van der Waals surface area contributed by atoms with Crippen LogP contribution in [0, 0.1) is 19.3 Å². The van der Waals surface area contributed by atoms with E-state index in [1.807, 2.05) is 39.5 Å². The molecule has 0 unspecified atom stereocenters. The number of carbonyl (C=O) groups is 3. The number of piperidine rings is 1. The summed E-state index contributed by atoms with van der Waals surface area (Å²) in [5.41, 5.74) is 1.30. The number of aromatic nitrogens is 2. The van der Waals surface area contributed by atoms with Gasteiger partial charge in [-0.05, 0) is 32.1 Å². The Bertz CT molecular complexity index is 802. The lowest BCUT2D eigenvalue weighted by Crippen LogP contribution is -2.57. The van der Waals surface area contributed by atoms with E-state index in [4.69, 9.17) is 5.11 Å². The van der Waals surface area contributed by atoms with Crippen LogP contribution >= 0.6 is 0 Å². The van der Waals surface area contributed by atoms with Crippen LogP contribution in [0.4, 0.5) is 9.59 Å². The van der Waals surface area contributed by atoms with Crippen molar-refractivity contribution >= 4 is 18.0 Å². The highest BCUT2D eigenvalue weighted by Gasteiger charge is 2.40. The lowest BCUT2D eigenvalue weighted by Gasteiger charge is -2.39. The van der Waals surface area contributed by atoms with Crippen LogP contribution in [0.25, 0.3) is 0 Å². The van der Waals surface area contributed by atoms with Crippen LogP contribution in [0.15, 0.2) is 0 Å². The summed E-state index contributed by atoms with van der Waals surface area (Å²) in [5.74, 6) is 0.503. The lowest BCUT2D eigenvalue weighted by atomic mass is 9.85. The lowest BCUT2D eigenvalue weighted by molar-refractivity contribution is -0.137. The van der Waals surface area contributed by atoms with E-state index in [1.54, 1.807) is 9.47 Å². The SMILES string of the molecule is Cc1nc(C)n2c1CN(C1CCN(C(=O)[C@H](NC(=O)O)C(C)(C)C)CC1)C2=O. The zero-order valence-electron chi connectivity index (χ0n) is 17.2. The first-order valence-electron chi connectivity index (χ1n) is 9.64. The molecule has 3 heterocycles. The third kappa shape index (κ3) is 3.57. The molecule has 9 nitrogen and oxygen atoms in total. The Hall–Kier alpha value is -2.58. The van der Waals surface area contributed by atoms with Gasteiger partial charge in [0.1, 0.15) is 11.9 Å². The third-order valence-corrected chi connectivity index (χ3v) is 5.70. The van der Waals surface area contributed by atoms with Crippen molar-refractivity contribution in [2.24, 2.45) is 5.41 Å². The number of nitrogens with one attached hydrogen (secondary N) is 1. The van der Waals surface area contributed by atoms with Crippen molar-refractivity contribution in [3.63, 3.8) is 0 Å². The fraction of sp³-hybridized carbons (Fsp3) is 0.684. The average molecular weight is 391 g/mol. The molecule has 1 saturated heterocycles. The molecule has 1 atom stereocenters. The smallest absolute Gasteiger partial charge is 0.405 e. The minimum Gasteiger partial charge on any atom is -0.465 e. The van der Waals surface area contributed by atoms with Crippen LogP contribution in [0.2, 0.25) is 0 Å². The number of imidazole rings is 1. The number of aryl methyl sites for hydroxylation is 2. The second kappa shape index (κ2) is 7.10. The number of hydrogen-bond donors (Lipinski definition) is 2. The molecule has 0 saturated carbocycles. The fourth-order valence-corrected chi connectivity index (χ4v) is 4.15. The molecule has 0 aromatic carbocycles. The molecule has 3 rings (SSSR count). The van der Waals surface area contributed by atoms with E-state index in [1.165, 1.54) is 0 Å². The third-order valence-electron chi connectivity index (χ3n) is 5.70. The van der Waals surface area contributed by atoms with Gasteiger partial charge < -0.3 is 20.2 Å². The van der Waals surface area contributed by atoms with Crippen LogP contribution in [0.3, 0.4) is 0 Å². The van der Waals surface area contributed by atoms with Gasteiger partial charge in [0, 0.05) is 19.1 Å². The summed E-state index contributed by atoms with van der Waals surface area (Å²) in [4.78, 5) is 44.8. The molecule has 0 bridgehead atoms. The maximum atomic E-state index is 12.9. The fourth-order valence-electron chi connectivity index (χ4n) is 4.15. The number of amides is 3. The number of carbonyl (C=O) groups excluding carboxylic acids is 2. The van der Waals surface area contributed by atoms with Crippen LogP contribution in [-0.2, 0) is 11.3 Å². The Morgan fingerprint density at radius 3 is 2.32 bits per heavy atom. The number of rotatable bonds is 3. The predicted octanol–water partition coefficient (Wildman–Crippen LogP) is 1.96. The van der Waals surface area contributed by atoms with E-state index in [0.29, 0.717) is 38.3 Å². The van der Waals surface area contributed by atoms with Gasteiger partial charge in [-0.25, -0.2) is 14.6 Å². The second-order valence-electron chi connectivity index (χ2n) is 8.74. The first kappa shape index (κ1) is 20.2. The quantitative estimate of drug-likeness (QED) is 0.819. The molecule has 0 aliphatic carbocycles. The number of nitrogens with zero attached hydrogens (tertiary/aromatic N) is 4. The molecular formula is C19H29N5O4. The Labute approximate surface area is 164 Å². The Balaban J connectivity index is 1.65. The van der Waals surface area contributed by atoms with E-state index in [0.717, 1.165) is 11.4 Å². The first-order valence-corrected chi connectivity index (χ1v) is 9.64. The van der Waals surface area contributed by atoms with Gasteiger partial charge >= 0.3 is 12.1 Å². The van der Waals surface area contributed by atoms with Crippen molar-refractivity contribution in [3.05, 3.63) is 17.2 Å². The van der Waals surface area contributed by atoms with Gasteiger partial charge in [-0.3, -0.25) is 9.36 Å². The normalized spacial score (nSPS) is 19.0. The van der Waals surface area contributed by atoms with Crippen LogP contribution in [0.1, 0.15) is 50.8 Å². The minimum absolute atomic E-state index is 0.0435. The number of likely N-dealkylation sites (tertiary alicyclic amines) is 1. The molecule has 3 amide bonds. The zero-order chi connectivity index (χ0) is 20.8. The molecule has 0 radical (unpaired) electrons. The standard InChI is InChI=1S/C19H29N5O4/c1-11-14-10-23(18(28)24(14)12(2)20-11)13-6-8-22(9-7-13)16(25)15(19(3,4)5)21-17(26)27/h13,15,21H,6-10H2,1-5H3,(H,26,27)/t15-/m0/s1. The monoisotopic (exact) mass is 391 g/mol. The van der Waals surface area contributed by atoms with Crippen LogP contribution in [-0.4, -0.2) is 67.7 Å². The van der Waals surface area contributed by atoms with Gasteiger partial charge in [0.2, 0.25) is 5.91 Å². The number of hydrogen-bond acceptors (Lipinski definition) is 4. The van der Waals surface area contributed by atoms with Gasteiger partial charge in [-0.15, -0.1) is 0 Å². The van der Waals surface area contributed by atoms with Crippen LogP contribution < -0.4 is 5.32 Å². The van der Waals surface area contributed by atoms with Gasteiger partial charge in [0.25, 0.3) is 0 Å². The average Bonchev–Trinajstić information content (AvgIpc) is 3.09. The van der Waals surface area contributed by atoms with Crippen LogP contribution in [0.5, 0.6) is 0 Å². The van der Waals surface area contributed by atoms with E-state index in [-0.39, 0.29) is 18.0 Å². The summed E-state index contributed by atoms with van der Waals surface area (Å²) in [6.07, 6.45) is 0.155. The number of fused-ring (bicyclic) bond motifs is 1. The topological polar surface area (TPSA) is 108 Å². The highest BCUT2D eigenvalue weighted by molar-refractivity contribution is 5.86. The van der Waals surface area contributed by atoms with Gasteiger partial charge in [0.05, 0.1) is 17.9 Å². The van der Waals surface area contributed by atoms with E-state index in [9.17, 15) is 14.4 Å². The highest BCUT2D eigenvalue weighted by Crippen LogP contribution is 2.29. The Morgan fingerprint density at radius 1 is 1.21 bits per heavy atom. The van der Waals surface area contributed by atoms with E-state index < -0.39 is 17.6 Å². The molecule has 0 spiro atoms. The first-order chi connectivity index (χ1) is 13.0. The summed E-state index contributed by atoms with van der Waals surface area (Å²) >= 11 is 0. The van der Waals surface area contributed by atoms with Crippen molar-refractivity contribution in [2.45, 2.75) is 66.1 Å². The zero-order valence-corrected chi connectivity index (χ0v) is 17.2. The summed E-state index contributed by atoms with van der Waals surface area (Å²) in [6.45, 7) is 10.8. The predicted molar refractivity (Wildman–Crippen MR) is 102 cm³/mol. The van der Waals surface area contributed by atoms with Gasteiger partial charge in [-0.1, -0.05) is 20.8 Å². The van der Waals surface area contributed by atoms with Crippen molar-refractivity contribution in [3.8, 4) is 0 Å². The molecular weight excluding hydrogens is 362 g/mol. The molecule has 9 heteroatoms.